The second-order valence-corrected chi connectivity index (χ2v) is 8.68. The van der Waals surface area contributed by atoms with E-state index in [1.807, 2.05) is 0 Å². The van der Waals surface area contributed by atoms with Gasteiger partial charge in [0.1, 0.15) is 5.75 Å². The molecule has 0 saturated carbocycles. The molecule has 1 heterocycles. The van der Waals surface area contributed by atoms with E-state index in [9.17, 15) is 13.2 Å². The molecule has 0 aromatic heterocycles. The van der Waals surface area contributed by atoms with E-state index in [0.717, 1.165) is 11.1 Å². The summed E-state index contributed by atoms with van der Waals surface area (Å²) in [6.07, 6.45) is 0. The van der Waals surface area contributed by atoms with Crippen LogP contribution < -0.4 is 4.74 Å². The van der Waals surface area contributed by atoms with E-state index >= 15 is 0 Å². The Balaban J connectivity index is 1.86. The number of esters is 1. The summed E-state index contributed by atoms with van der Waals surface area (Å²) in [4.78, 5) is 12.6. The summed E-state index contributed by atoms with van der Waals surface area (Å²) in [5.74, 6) is -0.201. The highest BCUT2D eigenvalue weighted by Crippen LogP contribution is 2.28. The monoisotopic (exact) mass is 409 g/mol. The average molecular weight is 410 g/mol. The molecule has 6 nitrogen and oxygen atoms in total. The predicted octanol–water partition coefficient (Wildman–Crippen LogP) is 3.20. The lowest BCUT2D eigenvalue weighted by atomic mass is 10.1. The number of aryl methyl sites for hydroxylation is 2. The molecule has 1 fully saturated rings. The smallest absolute Gasteiger partial charge is 0.343 e. The fourth-order valence-corrected chi connectivity index (χ4v) is 4.71. The van der Waals surface area contributed by atoms with E-state index in [-0.39, 0.29) is 10.5 Å². The first-order chi connectivity index (χ1) is 12.8. The van der Waals surface area contributed by atoms with Crippen LogP contribution in [0.25, 0.3) is 0 Å². The number of rotatable bonds is 4. The minimum absolute atomic E-state index is 0.0587. The standard InChI is InChI=1S/C19H20ClNO5S/c1-13-10-16(20)11-14(2)18(13)26-19(22)15-4-3-5-17(12-15)27(23,24)21-6-8-25-9-7-21/h3-5,10-12H,6-9H2,1-2H3. The quantitative estimate of drug-likeness (QED) is 0.572. The van der Waals surface area contributed by atoms with Gasteiger partial charge in [0.2, 0.25) is 10.0 Å². The van der Waals surface area contributed by atoms with Crippen molar-refractivity contribution >= 4 is 27.6 Å². The Morgan fingerprint density at radius 3 is 2.37 bits per heavy atom. The van der Waals surface area contributed by atoms with Crippen LogP contribution in [0, 0.1) is 13.8 Å². The molecular formula is C19H20ClNO5S. The van der Waals surface area contributed by atoms with Gasteiger partial charge in [0.25, 0.3) is 0 Å². The van der Waals surface area contributed by atoms with Gasteiger partial charge in [-0.3, -0.25) is 0 Å². The van der Waals surface area contributed by atoms with E-state index in [1.165, 1.54) is 28.6 Å². The fourth-order valence-electron chi connectivity index (χ4n) is 2.93. The Morgan fingerprint density at radius 2 is 1.74 bits per heavy atom. The van der Waals surface area contributed by atoms with Crippen molar-refractivity contribution in [2.75, 3.05) is 26.3 Å². The second-order valence-electron chi connectivity index (χ2n) is 6.30. The minimum Gasteiger partial charge on any atom is -0.422 e. The first-order valence-electron chi connectivity index (χ1n) is 8.46. The van der Waals surface area contributed by atoms with Gasteiger partial charge in [-0.25, -0.2) is 13.2 Å². The summed E-state index contributed by atoms with van der Waals surface area (Å²) in [7, 11) is -3.68. The first-order valence-corrected chi connectivity index (χ1v) is 10.3. The summed E-state index contributed by atoms with van der Waals surface area (Å²) >= 11 is 6.00. The number of hydrogen-bond donors (Lipinski definition) is 0. The third-order valence-corrected chi connectivity index (χ3v) is 6.41. The molecule has 2 aromatic carbocycles. The Morgan fingerprint density at radius 1 is 1.11 bits per heavy atom. The van der Waals surface area contributed by atoms with Crippen molar-refractivity contribution < 1.29 is 22.7 Å². The highest BCUT2D eigenvalue weighted by molar-refractivity contribution is 7.89. The Bertz CT molecular complexity index is 945. The molecule has 8 heteroatoms. The third kappa shape index (κ3) is 4.32. The predicted molar refractivity (Wildman–Crippen MR) is 102 cm³/mol. The maximum Gasteiger partial charge on any atom is 0.343 e. The van der Waals surface area contributed by atoms with Crippen LogP contribution in [0.3, 0.4) is 0 Å². The van der Waals surface area contributed by atoms with Crippen LogP contribution in [-0.4, -0.2) is 45.0 Å². The molecular weight excluding hydrogens is 390 g/mol. The summed E-state index contributed by atoms with van der Waals surface area (Å²) in [5, 5.41) is 0.559. The third-order valence-electron chi connectivity index (χ3n) is 4.30. The van der Waals surface area contributed by atoms with Gasteiger partial charge in [0, 0.05) is 18.1 Å². The van der Waals surface area contributed by atoms with Crippen LogP contribution >= 0.6 is 11.6 Å². The van der Waals surface area contributed by atoms with Crippen molar-refractivity contribution in [3.8, 4) is 5.75 Å². The van der Waals surface area contributed by atoms with Gasteiger partial charge in [0.05, 0.1) is 23.7 Å². The largest absolute Gasteiger partial charge is 0.422 e. The van der Waals surface area contributed by atoms with Gasteiger partial charge < -0.3 is 9.47 Å². The summed E-state index contributed by atoms with van der Waals surface area (Å²) < 4.78 is 37.6. The van der Waals surface area contributed by atoms with Gasteiger partial charge in [-0.1, -0.05) is 17.7 Å². The molecule has 0 atom stereocenters. The van der Waals surface area contributed by atoms with Crippen molar-refractivity contribution in [2.45, 2.75) is 18.7 Å². The van der Waals surface area contributed by atoms with Crippen LogP contribution in [0.15, 0.2) is 41.3 Å². The second kappa shape index (κ2) is 7.98. The lowest BCUT2D eigenvalue weighted by molar-refractivity contribution is 0.0726. The lowest BCUT2D eigenvalue weighted by Crippen LogP contribution is -2.40. The van der Waals surface area contributed by atoms with E-state index in [1.54, 1.807) is 26.0 Å². The van der Waals surface area contributed by atoms with E-state index in [0.29, 0.717) is 37.1 Å². The molecule has 0 aliphatic carbocycles. The van der Waals surface area contributed by atoms with Crippen LogP contribution in [0.5, 0.6) is 5.75 Å². The maximum absolute atomic E-state index is 12.8. The molecule has 3 rings (SSSR count). The van der Waals surface area contributed by atoms with Gasteiger partial charge in [-0.2, -0.15) is 4.31 Å². The summed E-state index contributed by atoms with van der Waals surface area (Å²) in [6.45, 7) is 4.88. The van der Waals surface area contributed by atoms with Crippen molar-refractivity contribution in [1.82, 2.24) is 4.31 Å². The fraction of sp³-hybridized carbons (Fsp3) is 0.316. The molecule has 144 valence electrons. The Hall–Kier alpha value is -1.93. The number of benzene rings is 2. The highest BCUT2D eigenvalue weighted by atomic mass is 35.5. The highest BCUT2D eigenvalue weighted by Gasteiger charge is 2.27. The number of nitrogens with zero attached hydrogens (tertiary/aromatic N) is 1. The van der Waals surface area contributed by atoms with Gasteiger partial charge in [0.15, 0.2) is 0 Å². The van der Waals surface area contributed by atoms with Crippen molar-refractivity contribution in [1.29, 1.82) is 0 Å². The van der Waals surface area contributed by atoms with Gasteiger partial charge >= 0.3 is 5.97 Å². The molecule has 0 amide bonds. The first kappa shape index (κ1) is 19.8. The molecule has 1 aliphatic heterocycles. The number of carbonyl (C=O) groups excluding carboxylic acids is 1. The van der Waals surface area contributed by atoms with E-state index < -0.39 is 16.0 Å². The molecule has 27 heavy (non-hydrogen) atoms. The molecule has 0 spiro atoms. The molecule has 2 aromatic rings. The van der Waals surface area contributed by atoms with Gasteiger partial charge in [-0.05, 0) is 55.3 Å². The van der Waals surface area contributed by atoms with Crippen LogP contribution in [-0.2, 0) is 14.8 Å². The lowest BCUT2D eigenvalue weighted by Gasteiger charge is -2.26. The van der Waals surface area contributed by atoms with Crippen LogP contribution in [0.4, 0.5) is 0 Å². The summed E-state index contributed by atoms with van der Waals surface area (Å²) in [6, 6.07) is 9.29. The number of morpholine rings is 1. The van der Waals surface area contributed by atoms with Crippen molar-refractivity contribution in [2.24, 2.45) is 0 Å². The summed E-state index contributed by atoms with van der Waals surface area (Å²) in [5.41, 5.74) is 1.62. The van der Waals surface area contributed by atoms with Crippen molar-refractivity contribution in [3.05, 3.63) is 58.1 Å². The number of halogens is 1. The zero-order valence-electron chi connectivity index (χ0n) is 15.1. The zero-order valence-corrected chi connectivity index (χ0v) is 16.6. The van der Waals surface area contributed by atoms with Gasteiger partial charge in [-0.15, -0.1) is 0 Å². The number of ether oxygens (including phenoxy) is 2. The molecule has 1 saturated heterocycles. The minimum atomic E-state index is -3.68. The van der Waals surface area contributed by atoms with E-state index in [2.05, 4.69) is 0 Å². The van der Waals surface area contributed by atoms with Crippen LogP contribution in [0.1, 0.15) is 21.5 Å². The molecule has 0 unspecified atom stereocenters. The van der Waals surface area contributed by atoms with Crippen LogP contribution in [0.2, 0.25) is 5.02 Å². The normalized spacial score (nSPS) is 15.5. The molecule has 0 bridgehead atoms. The maximum atomic E-state index is 12.8. The number of carbonyl (C=O) groups is 1. The number of sulfonamides is 1. The molecule has 0 radical (unpaired) electrons. The Kier molecular flexibility index (Phi) is 5.86. The average Bonchev–Trinajstić information content (AvgIpc) is 2.65. The van der Waals surface area contributed by atoms with Crippen molar-refractivity contribution in [3.63, 3.8) is 0 Å². The SMILES string of the molecule is Cc1cc(Cl)cc(C)c1OC(=O)c1cccc(S(=O)(=O)N2CCOCC2)c1. The molecule has 1 aliphatic rings. The van der Waals surface area contributed by atoms with E-state index in [4.69, 9.17) is 21.1 Å². The zero-order chi connectivity index (χ0) is 19.6. The Labute approximate surface area is 163 Å². The topological polar surface area (TPSA) is 72.9 Å². The number of hydrogen-bond acceptors (Lipinski definition) is 5. The molecule has 0 N–H and O–H groups in total.